The first-order valence-corrected chi connectivity index (χ1v) is 9.13. The van der Waals surface area contributed by atoms with Crippen LogP contribution in [0.5, 0.6) is 0 Å². The molecule has 0 saturated heterocycles. The van der Waals surface area contributed by atoms with Crippen LogP contribution in [0.3, 0.4) is 0 Å². The zero-order valence-electron chi connectivity index (χ0n) is 15.1. The van der Waals surface area contributed by atoms with E-state index in [0.717, 1.165) is 57.7 Å². The van der Waals surface area contributed by atoms with E-state index in [1.54, 1.807) is 0 Å². The van der Waals surface area contributed by atoms with Crippen molar-refractivity contribution in [2.75, 3.05) is 19.6 Å². The topological polar surface area (TPSA) is 65.5 Å². The van der Waals surface area contributed by atoms with Crippen LogP contribution in [-0.2, 0) is 11.2 Å². The van der Waals surface area contributed by atoms with Gasteiger partial charge in [-0.1, -0.05) is 30.3 Å². The van der Waals surface area contributed by atoms with Crippen molar-refractivity contribution >= 4 is 35.8 Å². The molecule has 0 bridgehead atoms. The summed E-state index contributed by atoms with van der Waals surface area (Å²) in [6, 6.07) is 10.9. The van der Waals surface area contributed by atoms with Crippen LogP contribution >= 0.6 is 24.0 Å². The van der Waals surface area contributed by atoms with Crippen LogP contribution in [0.2, 0.25) is 0 Å². The van der Waals surface area contributed by atoms with Gasteiger partial charge in [-0.05, 0) is 44.6 Å². The van der Waals surface area contributed by atoms with E-state index in [9.17, 15) is 4.79 Å². The van der Waals surface area contributed by atoms with Gasteiger partial charge in [0.15, 0.2) is 5.96 Å². The minimum Gasteiger partial charge on any atom is -0.357 e. The molecule has 140 valence electrons. The van der Waals surface area contributed by atoms with E-state index in [4.69, 9.17) is 0 Å². The van der Waals surface area contributed by atoms with Crippen molar-refractivity contribution in [2.45, 2.75) is 51.5 Å². The third-order valence-corrected chi connectivity index (χ3v) is 3.90. The molecule has 1 aliphatic rings. The summed E-state index contributed by atoms with van der Waals surface area (Å²) in [5.41, 5.74) is 1.35. The minimum absolute atomic E-state index is 0. The number of hydrogen-bond acceptors (Lipinski definition) is 2. The Labute approximate surface area is 168 Å². The van der Waals surface area contributed by atoms with Crippen LogP contribution < -0.4 is 16.0 Å². The zero-order valence-corrected chi connectivity index (χ0v) is 17.4. The van der Waals surface area contributed by atoms with Gasteiger partial charge in [0.1, 0.15) is 0 Å². The summed E-state index contributed by atoms with van der Waals surface area (Å²) in [6.45, 7) is 4.46. The van der Waals surface area contributed by atoms with E-state index >= 15 is 0 Å². The lowest BCUT2D eigenvalue weighted by atomic mass is 10.1. The van der Waals surface area contributed by atoms with Crippen LogP contribution in [0.4, 0.5) is 0 Å². The first-order valence-electron chi connectivity index (χ1n) is 9.13. The van der Waals surface area contributed by atoms with Crippen LogP contribution in [0.15, 0.2) is 35.3 Å². The number of carbonyl (C=O) groups is 1. The minimum atomic E-state index is 0. The van der Waals surface area contributed by atoms with Crippen molar-refractivity contribution in [1.29, 1.82) is 0 Å². The summed E-state index contributed by atoms with van der Waals surface area (Å²) in [5, 5.41) is 9.56. The molecule has 1 aromatic carbocycles. The van der Waals surface area contributed by atoms with Gasteiger partial charge in [-0.2, -0.15) is 0 Å². The fraction of sp³-hybridized carbons (Fsp3) is 0.579. The molecule has 3 N–H and O–H groups in total. The fourth-order valence-electron chi connectivity index (χ4n) is 2.44. The summed E-state index contributed by atoms with van der Waals surface area (Å²) in [7, 11) is 0. The predicted octanol–water partition coefficient (Wildman–Crippen LogP) is 2.85. The quantitative estimate of drug-likeness (QED) is 0.219. The zero-order chi connectivity index (χ0) is 17.0. The molecule has 0 aromatic heterocycles. The number of carbonyl (C=O) groups excluding carboxylic acids is 1. The van der Waals surface area contributed by atoms with E-state index in [1.165, 1.54) is 5.56 Å². The highest BCUT2D eigenvalue weighted by Crippen LogP contribution is 2.18. The van der Waals surface area contributed by atoms with E-state index in [-0.39, 0.29) is 29.9 Å². The first kappa shape index (κ1) is 21.7. The van der Waals surface area contributed by atoms with Crippen LogP contribution in [0.25, 0.3) is 0 Å². The maximum atomic E-state index is 11.6. The van der Waals surface area contributed by atoms with Crippen LogP contribution in [0.1, 0.15) is 44.6 Å². The average molecular weight is 458 g/mol. The van der Waals surface area contributed by atoms with Gasteiger partial charge in [0.25, 0.3) is 0 Å². The Morgan fingerprint density at radius 3 is 2.60 bits per heavy atom. The lowest BCUT2D eigenvalue weighted by Gasteiger charge is -2.11. The van der Waals surface area contributed by atoms with E-state index < -0.39 is 0 Å². The van der Waals surface area contributed by atoms with Gasteiger partial charge >= 0.3 is 0 Å². The third-order valence-electron chi connectivity index (χ3n) is 3.90. The average Bonchev–Trinajstić information content (AvgIpc) is 3.40. The molecule has 0 radical (unpaired) electrons. The van der Waals surface area contributed by atoms with Crippen molar-refractivity contribution < 1.29 is 4.79 Å². The Kier molecular flexibility index (Phi) is 11.3. The number of nitrogens with one attached hydrogen (secondary N) is 3. The molecular formula is C19H31IN4O. The molecule has 0 heterocycles. The van der Waals surface area contributed by atoms with Gasteiger partial charge in [-0.25, -0.2) is 0 Å². The summed E-state index contributed by atoms with van der Waals surface area (Å²) < 4.78 is 0. The largest absolute Gasteiger partial charge is 0.357 e. The molecule has 1 amide bonds. The van der Waals surface area contributed by atoms with Gasteiger partial charge in [-0.15, -0.1) is 24.0 Å². The SMILES string of the molecule is CCNC(=NCCCc1ccccc1)NCCCC(=O)NC1CC1.I. The molecule has 0 atom stereocenters. The van der Waals surface area contributed by atoms with Gasteiger partial charge in [-0.3, -0.25) is 9.79 Å². The number of amides is 1. The lowest BCUT2D eigenvalue weighted by molar-refractivity contribution is -0.121. The van der Waals surface area contributed by atoms with Crippen LogP contribution in [0, 0.1) is 0 Å². The van der Waals surface area contributed by atoms with E-state index in [0.29, 0.717) is 12.5 Å². The molecule has 0 aliphatic heterocycles. The predicted molar refractivity (Wildman–Crippen MR) is 115 cm³/mol. The monoisotopic (exact) mass is 458 g/mol. The summed E-state index contributed by atoms with van der Waals surface area (Å²) in [5.74, 6) is 1.01. The first-order chi connectivity index (χ1) is 11.8. The number of rotatable bonds is 10. The molecule has 0 spiro atoms. The Morgan fingerprint density at radius 1 is 1.16 bits per heavy atom. The Balaban J connectivity index is 0.00000312. The van der Waals surface area contributed by atoms with Crippen LogP contribution in [-0.4, -0.2) is 37.5 Å². The van der Waals surface area contributed by atoms with E-state index in [2.05, 4.69) is 52.1 Å². The van der Waals surface area contributed by atoms with Crippen molar-refractivity contribution in [3.05, 3.63) is 35.9 Å². The number of hydrogen-bond donors (Lipinski definition) is 3. The van der Waals surface area contributed by atoms with Crippen molar-refractivity contribution in [1.82, 2.24) is 16.0 Å². The molecule has 5 nitrogen and oxygen atoms in total. The van der Waals surface area contributed by atoms with Gasteiger partial charge in [0.2, 0.25) is 5.91 Å². The molecule has 6 heteroatoms. The van der Waals surface area contributed by atoms with Crippen molar-refractivity contribution in [3.8, 4) is 0 Å². The molecule has 25 heavy (non-hydrogen) atoms. The summed E-state index contributed by atoms with van der Waals surface area (Å²) in [4.78, 5) is 16.2. The van der Waals surface area contributed by atoms with E-state index in [1.807, 2.05) is 6.07 Å². The van der Waals surface area contributed by atoms with Gasteiger partial charge in [0, 0.05) is 32.1 Å². The second kappa shape index (κ2) is 13.0. The maximum absolute atomic E-state index is 11.6. The number of aliphatic imine (C=N–C) groups is 1. The molecule has 0 unspecified atom stereocenters. The molecule has 1 saturated carbocycles. The van der Waals surface area contributed by atoms with Gasteiger partial charge in [0.05, 0.1) is 0 Å². The van der Waals surface area contributed by atoms with Crippen molar-refractivity contribution in [3.63, 3.8) is 0 Å². The highest BCUT2D eigenvalue weighted by molar-refractivity contribution is 14.0. The highest BCUT2D eigenvalue weighted by atomic mass is 127. The standard InChI is InChI=1S/C19H30N4O.HI/c1-2-20-19(21-14-6-10-16-8-4-3-5-9-16)22-15-7-11-18(24)23-17-12-13-17;/h3-5,8-9,17H,2,6-7,10-15H2,1H3,(H,23,24)(H2,20,21,22);1H. The smallest absolute Gasteiger partial charge is 0.220 e. The fourth-order valence-corrected chi connectivity index (χ4v) is 2.44. The molecule has 1 fully saturated rings. The maximum Gasteiger partial charge on any atom is 0.220 e. The Morgan fingerprint density at radius 2 is 1.92 bits per heavy atom. The lowest BCUT2D eigenvalue weighted by Crippen LogP contribution is -2.38. The van der Waals surface area contributed by atoms with Gasteiger partial charge < -0.3 is 16.0 Å². The number of benzene rings is 1. The second-order valence-electron chi connectivity index (χ2n) is 6.22. The molecule has 2 rings (SSSR count). The Hall–Kier alpha value is -1.31. The molecular weight excluding hydrogens is 427 g/mol. The number of guanidine groups is 1. The molecule has 1 aliphatic carbocycles. The number of aryl methyl sites for hydroxylation is 1. The van der Waals surface area contributed by atoms with Crippen molar-refractivity contribution in [2.24, 2.45) is 4.99 Å². The second-order valence-corrected chi connectivity index (χ2v) is 6.22. The summed E-state index contributed by atoms with van der Waals surface area (Å²) >= 11 is 0. The normalized spacial score (nSPS) is 13.7. The molecule has 1 aromatic rings. The third kappa shape index (κ3) is 10.3. The number of nitrogens with zero attached hydrogens (tertiary/aromatic N) is 1. The summed E-state index contributed by atoms with van der Waals surface area (Å²) in [6.07, 6.45) is 5.77. The highest BCUT2D eigenvalue weighted by Gasteiger charge is 2.22. The number of halogens is 1. The Bertz CT molecular complexity index is 517.